The monoisotopic (exact) mass is 387 g/mol. The molecule has 0 amide bonds. The van der Waals surface area contributed by atoms with Crippen LogP contribution >= 0.6 is 11.6 Å². The number of ketones is 1. The van der Waals surface area contributed by atoms with E-state index in [1.54, 1.807) is 6.92 Å². The Morgan fingerprint density at radius 3 is 2.52 bits per heavy atom. The van der Waals surface area contributed by atoms with Crippen LogP contribution in [-0.4, -0.2) is 22.1 Å². The van der Waals surface area contributed by atoms with Crippen molar-refractivity contribution in [2.45, 2.75) is 19.2 Å². The van der Waals surface area contributed by atoms with E-state index >= 15 is 0 Å². The number of benzene rings is 2. The number of esters is 1. The van der Waals surface area contributed by atoms with Crippen molar-refractivity contribution in [1.29, 1.82) is 0 Å². The van der Waals surface area contributed by atoms with Gasteiger partial charge < -0.3 is 9.47 Å². The third-order valence-corrected chi connectivity index (χ3v) is 4.15. The summed E-state index contributed by atoms with van der Waals surface area (Å²) in [5, 5.41) is 9.91. The van der Waals surface area contributed by atoms with Gasteiger partial charge in [0.05, 0.1) is 10.5 Å². The number of hydrogen-bond acceptors (Lipinski definition) is 6. The Morgan fingerprint density at radius 2 is 1.93 bits per heavy atom. The molecule has 0 spiro atoms. The fourth-order valence-corrected chi connectivity index (χ4v) is 2.56. The summed E-state index contributed by atoms with van der Waals surface area (Å²) in [4.78, 5) is 34.4. The third-order valence-electron chi connectivity index (χ3n) is 3.97. The number of non-ortho nitro benzene ring substituents is 1. The van der Waals surface area contributed by atoms with Gasteiger partial charge in [-0.2, -0.15) is 0 Å². The number of nitro groups is 1. The molecule has 1 heterocycles. The van der Waals surface area contributed by atoms with E-state index in [4.69, 9.17) is 21.1 Å². The summed E-state index contributed by atoms with van der Waals surface area (Å²) in [6.45, 7) is 3.17. The molecule has 0 aliphatic carbocycles. The SMILES string of the molecule is Cc1c(OC(=O)C(C)Cl)ccc2c1O/C(=C\c1ccc([N+](=O)[O-])cc1)C2=O. The van der Waals surface area contributed by atoms with Crippen LogP contribution in [0.25, 0.3) is 6.08 Å². The molecule has 8 heteroatoms. The van der Waals surface area contributed by atoms with Gasteiger partial charge in [0.2, 0.25) is 5.78 Å². The molecule has 138 valence electrons. The van der Waals surface area contributed by atoms with Crippen LogP contribution < -0.4 is 9.47 Å². The van der Waals surface area contributed by atoms with E-state index in [0.717, 1.165) is 0 Å². The zero-order valence-electron chi connectivity index (χ0n) is 14.4. The van der Waals surface area contributed by atoms with Crippen molar-refractivity contribution in [3.05, 3.63) is 69.0 Å². The number of Topliss-reactive ketones (excluding diaryl/α,β-unsaturated/α-hetero) is 1. The van der Waals surface area contributed by atoms with Gasteiger partial charge in [-0.3, -0.25) is 19.7 Å². The number of hydrogen-bond donors (Lipinski definition) is 0. The maximum atomic E-state index is 12.5. The predicted molar refractivity (Wildman–Crippen MR) is 98.2 cm³/mol. The molecule has 0 radical (unpaired) electrons. The van der Waals surface area contributed by atoms with Crippen molar-refractivity contribution in [2.24, 2.45) is 0 Å². The summed E-state index contributed by atoms with van der Waals surface area (Å²) < 4.78 is 10.9. The first-order valence-electron chi connectivity index (χ1n) is 7.96. The lowest BCUT2D eigenvalue weighted by molar-refractivity contribution is -0.384. The van der Waals surface area contributed by atoms with Crippen molar-refractivity contribution in [3.8, 4) is 11.5 Å². The topological polar surface area (TPSA) is 95.7 Å². The average Bonchev–Trinajstić information content (AvgIpc) is 2.94. The molecule has 2 aromatic carbocycles. The molecule has 0 N–H and O–H groups in total. The number of carbonyl (C=O) groups excluding carboxylic acids is 2. The number of alkyl halides is 1. The van der Waals surface area contributed by atoms with Crippen LogP contribution in [0.4, 0.5) is 5.69 Å². The molecule has 2 aromatic rings. The zero-order chi connectivity index (χ0) is 19.7. The summed E-state index contributed by atoms with van der Waals surface area (Å²) in [6.07, 6.45) is 1.50. The molecule has 0 saturated heterocycles. The van der Waals surface area contributed by atoms with Crippen molar-refractivity contribution in [2.75, 3.05) is 0 Å². The molecule has 0 saturated carbocycles. The maximum absolute atomic E-state index is 12.5. The Hall–Kier alpha value is -3.19. The van der Waals surface area contributed by atoms with E-state index in [2.05, 4.69) is 0 Å². The lowest BCUT2D eigenvalue weighted by atomic mass is 10.1. The standard InChI is InChI=1S/C19H14ClNO6/c1-10-15(27-19(23)11(2)20)8-7-14-17(22)16(26-18(10)14)9-12-3-5-13(6-4-12)21(24)25/h3-9,11H,1-2H3/b16-9-. The number of ether oxygens (including phenoxy) is 2. The largest absolute Gasteiger partial charge is 0.452 e. The number of nitro benzene ring substituents is 1. The van der Waals surface area contributed by atoms with E-state index in [1.807, 2.05) is 0 Å². The number of halogens is 1. The predicted octanol–water partition coefficient (Wildman–Crippen LogP) is 4.05. The number of nitrogens with zero attached hydrogens (tertiary/aromatic N) is 1. The Balaban J connectivity index is 1.89. The number of fused-ring (bicyclic) bond motifs is 1. The Labute approximate surface area is 159 Å². The lowest BCUT2D eigenvalue weighted by Gasteiger charge is -2.10. The third kappa shape index (κ3) is 3.68. The normalized spacial score (nSPS) is 15.2. The second-order valence-corrected chi connectivity index (χ2v) is 6.55. The van der Waals surface area contributed by atoms with Crippen LogP contribution in [0.5, 0.6) is 11.5 Å². The summed E-state index contributed by atoms with van der Waals surface area (Å²) in [6, 6.07) is 8.76. The van der Waals surface area contributed by atoms with Gasteiger partial charge in [0, 0.05) is 17.7 Å². The van der Waals surface area contributed by atoms with Crippen LogP contribution in [-0.2, 0) is 4.79 Å². The number of rotatable bonds is 4. The van der Waals surface area contributed by atoms with E-state index in [1.165, 1.54) is 49.4 Å². The van der Waals surface area contributed by atoms with Crippen molar-refractivity contribution in [3.63, 3.8) is 0 Å². The molecule has 1 atom stereocenters. The van der Waals surface area contributed by atoms with Gasteiger partial charge in [0.25, 0.3) is 5.69 Å². The van der Waals surface area contributed by atoms with Gasteiger partial charge >= 0.3 is 5.97 Å². The quantitative estimate of drug-likeness (QED) is 0.196. The fourth-order valence-electron chi connectivity index (χ4n) is 2.51. The number of carbonyl (C=O) groups is 2. The van der Waals surface area contributed by atoms with Crippen molar-refractivity contribution >= 4 is 35.1 Å². The minimum Gasteiger partial charge on any atom is -0.452 e. The van der Waals surface area contributed by atoms with Crippen LogP contribution in [0.15, 0.2) is 42.2 Å². The Morgan fingerprint density at radius 1 is 1.26 bits per heavy atom. The number of allylic oxidation sites excluding steroid dienone is 1. The smallest absolute Gasteiger partial charge is 0.329 e. The minimum atomic E-state index is -0.808. The first-order valence-corrected chi connectivity index (χ1v) is 8.39. The molecule has 0 aromatic heterocycles. The summed E-state index contributed by atoms with van der Waals surface area (Å²) in [5.41, 5.74) is 1.38. The summed E-state index contributed by atoms with van der Waals surface area (Å²) >= 11 is 5.70. The average molecular weight is 388 g/mol. The molecule has 3 rings (SSSR count). The van der Waals surface area contributed by atoms with Crippen LogP contribution in [0, 0.1) is 17.0 Å². The van der Waals surface area contributed by atoms with E-state index in [9.17, 15) is 19.7 Å². The highest BCUT2D eigenvalue weighted by molar-refractivity contribution is 6.29. The van der Waals surface area contributed by atoms with Gasteiger partial charge in [-0.25, -0.2) is 0 Å². The fraction of sp³-hybridized carbons (Fsp3) is 0.158. The highest BCUT2D eigenvalue weighted by atomic mass is 35.5. The van der Waals surface area contributed by atoms with Gasteiger partial charge in [0.15, 0.2) is 5.76 Å². The summed E-state index contributed by atoms with van der Waals surface area (Å²) in [7, 11) is 0. The maximum Gasteiger partial charge on any atom is 0.329 e. The first-order chi connectivity index (χ1) is 12.8. The lowest BCUT2D eigenvalue weighted by Crippen LogP contribution is -2.18. The van der Waals surface area contributed by atoms with Crippen molar-refractivity contribution in [1.82, 2.24) is 0 Å². The molecule has 7 nitrogen and oxygen atoms in total. The molecule has 1 aliphatic heterocycles. The van der Waals surface area contributed by atoms with Gasteiger partial charge in [0.1, 0.15) is 16.9 Å². The first kappa shape index (κ1) is 18.6. The highest BCUT2D eigenvalue weighted by Gasteiger charge is 2.30. The Kier molecular flexibility index (Phi) is 4.96. The van der Waals surface area contributed by atoms with E-state index in [0.29, 0.717) is 22.4 Å². The minimum absolute atomic E-state index is 0.0464. The van der Waals surface area contributed by atoms with Crippen LogP contribution in [0.2, 0.25) is 0 Å². The Bertz CT molecular complexity index is 978. The molecule has 1 aliphatic rings. The van der Waals surface area contributed by atoms with E-state index in [-0.39, 0.29) is 23.0 Å². The highest BCUT2D eigenvalue weighted by Crippen LogP contribution is 2.39. The second kappa shape index (κ2) is 7.20. The van der Waals surface area contributed by atoms with Crippen LogP contribution in [0.3, 0.4) is 0 Å². The molecule has 1 unspecified atom stereocenters. The van der Waals surface area contributed by atoms with Crippen LogP contribution in [0.1, 0.15) is 28.4 Å². The molecular formula is C19H14ClNO6. The molecule has 0 fully saturated rings. The van der Waals surface area contributed by atoms with Crippen molar-refractivity contribution < 1.29 is 24.0 Å². The van der Waals surface area contributed by atoms with Gasteiger partial charge in [-0.05, 0) is 49.8 Å². The zero-order valence-corrected chi connectivity index (χ0v) is 15.1. The molecular weight excluding hydrogens is 374 g/mol. The molecule has 0 bridgehead atoms. The summed E-state index contributed by atoms with van der Waals surface area (Å²) in [5.74, 6) is -0.284. The van der Waals surface area contributed by atoms with Gasteiger partial charge in [-0.1, -0.05) is 0 Å². The molecule has 27 heavy (non-hydrogen) atoms. The van der Waals surface area contributed by atoms with E-state index < -0.39 is 16.3 Å². The van der Waals surface area contributed by atoms with Gasteiger partial charge in [-0.15, -0.1) is 11.6 Å². The second-order valence-electron chi connectivity index (χ2n) is 5.89.